The molecule has 1 fully saturated rings. The van der Waals surface area contributed by atoms with Crippen molar-refractivity contribution in [3.05, 3.63) is 89.9 Å². The van der Waals surface area contributed by atoms with E-state index in [9.17, 15) is 10.1 Å². The quantitative estimate of drug-likeness (QED) is 0.505. The fourth-order valence-corrected chi connectivity index (χ4v) is 4.01. The standard InChI is InChI=1S/C25H22N4O/c26-17-20(16-22-11-6-12-23(28-22)19-8-7-15-27-18-19)24(30)29-25(13-4-5-14-25)21-9-2-1-3-10-21/h1-3,6-12,15-16,18H,4-5,13-14H2,(H,29,30)/b20-16+. The van der Waals surface area contributed by atoms with Crippen molar-refractivity contribution in [1.82, 2.24) is 15.3 Å². The molecule has 0 radical (unpaired) electrons. The summed E-state index contributed by atoms with van der Waals surface area (Å²) in [5.74, 6) is -0.364. The molecule has 30 heavy (non-hydrogen) atoms. The SMILES string of the molecule is N#C/C(=C\c1cccc(-c2cccnc2)n1)C(=O)NC1(c2ccccc2)CCCC1. The molecule has 1 aliphatic rings. The molecule has 148 valence electrons. The Morgan fingerprint density at radius 3 is 2.53 bits per heavy atom. The number of rotatable bonds is 5. The fourth-order valence-electron chi connectivity index (χ4n) is 4.01. The summed E-state index contributed by atoms with van der Waals surface area (Å²) >= 11 is 0. The summed E-state index contributed by atoms with van der Waals surface area (Å²) in [6, 6.07) is 21.4. The first-order chi connectivity index (χ1) is 14.7. The van der Waals surface area contributed by atoms with Crippen LogP contribution in [0.4, 0.5) is 0 Å². The first kappa shape index (κ1) is 19.5. The molecular weight excluding hydrogens is 372 g/mol. The van der Waals surface area contributed by atoms with E-state index in [1.807, 2.05) is 60.7 Å². The molecule has 1 amide bonds. The van der Waals surface area contributed by atoms with Crippen LogP contribution in [0.2, 0.25) is 0 Å². The molecule has 0 aliphatic heterocycles. The Bertz CT molecular complexity index is 1090. The molecule has 0 bridgehead atoms. The largest absolute Gasteiger partial charge is 0.342 e. The van der Waals surface area contributed by atoms with Gasteiger partial charge in [0, 0.05) is 18.0 Å². The van der Waals surface area contributed by atoms with Gasteiger partial charge in [-0.25, -0.2) is 4.98 Å². The average Bonchev–Trinajstić information content (AvgIpc) is 3.28. The monoisotopic (exact) mass is 394 g/mol. The summed E-state index contributed by atoms with van der Waals surface area (Å²) in [4.78, 5) is 21.7. The van der Waals surface area contributed by atoms with Crippen molar-refractivity contribution in [2.75, 3.05) is 0 Å². The number of hydrogen-bond acceptors (Lipinski definition) is 4. The van der Waals surface area contributed by atoms with Gasteiger partial charge in [0.15, 0.2) is 0 Å². The van der Waals surface area contributed by atoms with E-state index in [0.29, 0.717) is 5.69 Å². The highest BCUT2D eigenvalue weighted by Gasteiger charge is 2.37. The van der Waals surface area contributed by atoms with Crippen LogP contribution in [-0.2, 0) is 10.3 Å². The lowest BCUT2D eigenvalue weighted by Crippen LogP contribution is -2.44. The van der Waals surface area contributed by atoms with E-state index in [2.05, 4.69) is 15.3 Å². The van der Waals surface area contributed by atoms with E-state index in [0.717, 1.165) is 42.5 Å². The molecule has 2 aromatic heterocycles. The van der Waals surface area contributed by atoms with Gasteiger partial charge < -0.3 is 5.32 Å². The molecule has 5 heteroatoms. The molecule has 3 aromatic rings. The normalized spacial score (nSPS) is 15.4. The molecule has 1 saturated carbocycles. The third-order valence-electron chi connectivity index (χ3n) is 5.52. The van der Waals surface area contributed by atoms with Crippen molar-refractivity contribution < 1.29 is 4.79 Å². The number of carbonyl (C=O) groups excluding carboxylic acids is 1. The smallest absolute Gasteiger partial charge is 0.262 e. The highest BCUT2D eigenvalue weighted by Crippen LogP contribution is 2.38. The Labute approximate surface area is 176 Å². The van der Waals surface area contributed by atoms with E-state index in [1.54, 1.807) is 24.5 Å². The number of pyridine rings is 2. The highest BCUT2D eigenvalue weighted by molar-refractivity contribution is 6.02. The van der Waals surface area contributed by atoms with Crippen LogP contribution in [0, 0.1) is 11.3 Å². The molecule has 5 nitrogen and oxygen atoms in total. The lowest BCUT2D eigenvalue weighted by Gasteiger charge is -2.31. The predicted molar refractivity (Wildman–Crippen MR) is 116 cm³/mol. The maximum absolute atomic E-state index is 13.0. The molecule has 1 aliphatic carbocycles. The van der Waals surface area contributed by atoms with Gasteiger partial charge in [0.05, 0.1) is 16.9 Å². The molecule has 4 rings (SSSR count). The van der Waals surface area contributed by atoms with Gasteiger partial charge in [0.2, 0.25) is 0 Å². The van der Waals surface area contributed by atoms with Crippen LogP contribution in [0.25, 0.3) is 17.3 Å². The van der Waals surface area contributed by atoms with E-state index in [1.165, 1.54) is 0 Å². The van der Waals surface area contributed by atoms with Gasteiger partial charge in [-0.1, -0.05) is 49.2 Å². The van der Waals surface area contributed by atoms with Crippen LogP contribution >= 0.6 is 0 Å². The van der Waals surface area contributed by atoms with Crippen molar-refractivity contribution in [2.24, 2.45) is 0 Å². The number of carbonyl (C=O) groups is 1. The summed E-state index contributed by atoms with van der Waals surface area (Å²) < 4.78 is 0. The summed E-state index contributed by atoms with van der Waals surface area (Å²) in [7, 11) is 0. The van der Waals surface area contributed by atoms with Crippen LogP contribution in [-0.4, -0.2) is 15.9 Å². The van der Waals surface area contributed by atoms with Crippen LogP contribution in [0.1, 0.15) is 36.9 Å². The lowest BCUT2D eigenvalue weighted by molar-refractivity contribution is -0.119. The number of nitrogens with zero attached hydrogens (tertiary/aromatic N) is 3. The Kier molecular flexibility index (Phi) is 5.67. The van der Waals surface area contributed by atoms with Gasteiger partial charge in [-0.3, -0.25) is 9.78 Å². The van der Waals surface area contributed by atoms with Crippen molar-refractivity contribution in [3.8, 4) is 17.3 Å². The zero-order chi connectivity index (χ0) is 20.8. The van der Waals surface area contributed by atoms with Crippen molar-refractivity contribution in [1.29, 1.82) is 5.26 Å². The zero-order valence-electron chi connectivity index (χ0n) is 16.6. The maximum Gasteiger partial charge on any atom is 0.262 e. The molecular formula is C25H22N4O. The molecule has 0 unspecified atom stereocenters. The number of amides is 1. The molecule has 0 atom stereocenters. The second kappa shape index (κ2) is 8.71. The first-order valence-corrected chi connectivity index (χ1v) is 10.1. The third kappa shape index (κ3) is 4.13. The minimum atomic E-state index is -0.417. The van der Waals surface area contributed by atoms with Crippen LogP contribution in [0.3, 0.4) is 0 Å². The maximum atomic E-state index is 13.0. The Balaban J connectivity index is 1.60. The van der Waals surface area contributed by atoms with Gasteiger partial charge in [-0.2, -0.15) is 5.26 Å². The summed E-state index contributed by atoms with van der Waals surface area (Å²) in [6.45, 7) is 0. The number of aromatic nitrogens is 2. The van der Waals surface area contributed by atoms with Gasteiger partial charge in [-0.05, 0) is 48.7 Å². The lowest BCUT2D eigenvalue weighted by atomic mass is 9.88. The fraction of sp³-hybridized carbons (Fsp3) is 0.200. The first-order valence-electron chi connectivity index (χ1n) is 10.1. The van der Waals surface area contributed by atoms with Gasteiger partial charge >= 0.3 is 0 Å². The van der Waals surface area contributed by atoms with Gasteiger partial charge in [0.1, 0.15) is 11.6 Å². The number of nitrogens with one attached hydrogen (secondary N) is 1. The topological polar surface area (TPSA) is 78.7 Å². The van der Waals surface area contributed by atoms with E-state index in [4.69, 9.17) is 0 Å². The molecule has 1 N–H and O–H groups in total. The molecule has 1 aromatic carbocycles. The summed E-state index contributed by atoms with van der Waals surface area (Å²) in [6.07, 6.45) is 8.83. The Morgan fingerprint density at radius 2 is 1.83 bits per heavy atom. The highest BCUT2D eigenvalue weighted by atomic mass is 16.1. The summed E-state index contributed by atoms with van der Waals surface area (Å²) in [5, 5.41) is 12.8. The van der Waals surface area contributed by atoms with E-state index >= 15 is 0 Å². The third-order valence-corrected chi connectivity index (χ3v) is 5.52. The van der Waals surface area contributed by atoms with Crippen molar-refractivity contribution in [2.45, 2.75) is 31.2 Å². The predicted octanol–water partition coefficient (Wildman–Crippen LogP) is 4.64. The number of benzene rings is 1. The minimum absolute atomic E-state index is 0.0491. The van der Waals surface area contributed by atoms with E-state index in [-0.39, 0.29) is 11.5 Å². The number of hydrogen-bond donors (Lipinski definition) is 1. The Hall–Kier alpha value is -3.78. The summed E-state index contributed by atoms with van der Waals surface area (Å²) in [5.41, 5.74) is 2.90. The second-order valence-corrected chi connectivity index (χ2v) is 7.47. The van der Waals surface area contributed by atoms with E-state index < -0.39 is 5.54 Å². The second-order valence-electron chi connectivity index (χ2n) is 7.47. The minimum Gasteiger partial charge on any atom is -0.342 e. The van der Waals surface area contributed by atoms with Crippen molar-refractivity contribution in [3.63, 3.8) is 0 Å². The zero-order valence-corrected chi connectivity index (χ0v) is 16.6. The molecule has 0 saturated heterocycles. The van der Waals surface area contributed by atoms with Crippen LogP contribution in [0.5, 0.6) is 0 Å². The Morgan fingerprint density at radius 1 is 1.03 bits per heavy atom. The van der Waals surface area contributed by atoms with Crippen LogP contribution < -0.4 is 5.32 Å². The van der Waals surface area contributed by atoms with Crippen molar-refractivity contribution >= 4 is 12.0 Å². The number of nitriles is 1. The van der Waals surface area contributed by atoms with Gasteiger partial charge in [0.25, 0.3) is 5.91 Å². The average molecular weight is 394 g/mol. The van der Waals surface area contributed by atoms with Gasteiger partial charge in [-0.15, -0.1) is 0 Å². The molecule has 0 spiro atoms. The molecule has 2 heterocycles. The van der Waals surface area contributed by atoms with Crippen LogP contribution in [0.15, 0.2) is 78.6 Å².